The van der Waals surface area contributed by atoms with Gasteiger partial charge in [-0.2, -0.15) is 0 Å². The average Bonchev–Trinajstić information content (AvgIpc) is 2.56. The van der Waals surface area contributed by atoms with Gasteiger partial charge >= 0.3 is 5.97 Å². The van der Waals surface area contributed by atoms with Crippen molar-refractivity contribution in [1.29, 1.82) is 0 Å². The molecule has 1 heterocycles. The second-order valence-corrected chi connectivity index (χ2v) is 5.98. The number of halogens is 1. The number of carbonyl (C=O) groups excluding carboxylic acids is 1. The molecule has 0 bridgehead atoms. The Balaban J connectivity index is 2.53. The number of rotatable bonds is 6. The number of hydrogen-bond acceptors (Lipinski definition) is 6. The predicted molar refractivity (Wildman–Crippen MR) is 89.8 cm³/mol. The lowest BCUT2D eigenvalue weighted by Crippen LogP contribution is -2.15. The van der Waals surface area contributed by atoms with E-state index in [2.05, 4.69) is 15.9 Å². The highest BCUT2D eigenvalue weighted by atomic mass is 79.9. The smallest absolute Gasteiger partial charge is 0.306 e. The lowest BCUT2D eigenvalue weighted by Gasteiger charge is -2.17. The van der Waals surface area contributed by atoms with Crippen LogP contribution in [0.4, 0.5) is 0 Å². The molecule has 0 aliphatic heterocycles. The second-order valence-electron chi connectivity index (χ2n) is 5.06. The SMILES string of the molecule is CCOC(=O)C[C@@H](c1ccc(Br)cc1)c1oc(CO)cc(=O)c1O. The number of aliphatic hydroxyl groups excluding tert-OH is 1. The summed E-state index contributed by atoms with van der Waals surface area (Å²) in [5, 5.41) is 19.3. The minimum Gasteiger partial charge on any atom is -0.502 e. The van der Waals surface area contributed by atoms with E-state index in [4.69, 9.17) is 9.15 Å². The Morgan fingerprint density at radius 1 is 1.33 bits per heavy atom. The van der Waals surface area contributed by atoms with Gasteiger partial charge in [-0.15, -0.1) is 0 Å². The Hall–Kier alpha value is -2.12. The summed E-state index contributed by atoms with van der Waals surface area (Å²) < 4.78 is 11.3. The first-order chi connectivity index (χ1) is 11.5. The highest BCUT2D eigenvalue weighted by molar-refractivity contribution is 9.10. The minimum atomic E-state index is -0.712. The molecule has 6 nitrogen and oxygen atoms in total. The van der Waals surface area contributed by atoms with E-state index in [-0.39, 0.29) is 24.5 Å². The van der Waals surface area contributed by atoms with Gasteiger partial charge in [-0.25, -0.2) is 0 Å². The van der Waals surface area contributed by atoms with Crippen LogP contribution in [0.3, 0.4) is 0 Å². The predicted octanol–water partition coefficient (Wildman–Crippen LogP) is 2.69. The van der Waals surface area contributed by atoms with Crippen LogP contribution in [-0.2, 0) is 16.1 Å². The number of ether oxygens (including phenoxy) is 1. The van der Waals surface area contributed by atoms with Crippen LogP contribution in [0.5, 0.6) is 5.75 Å². The number of carbonyl (C=O) groups is 1. The molecule has 0 saturated heterocycles. The topological polar surface area (TPSA) is 97.0 Å². The maximum atomic E-state index is 11.9. The lowest BCUT2D eigenvalue weighted by atomic mass is 9.92. The van der Waals surface area contributed by atoms with E-state index < -0.39 is 29.7 Å². The summed E-state index contributed by atoms with van der Waals surface area (Å²) in [4.78, 5) is 23.8. The monoisotopic (exact) mass is 396 g/mol. The van der Waals surface area contributed by atoms with Crippen LogP contribution >= 0.6 is 15.9 Å². The van der Waals surface area contributed by atoms with Crippen molar-refractivity contribution in [3.63, 3.8) is 0 Å². The van der Waals surface area contributed by atoms with Crippen molar-refractivity contribution in [2.45, 2.75) is 25.9 Å². The van der Waals surface area contributed by atoms with Crippen molar-refractivity contribution < 1.29 is 24.2 Å². The number of aromatic hydroxyl groups is 1. The van der Waals surface area contributed by atoms with E-state index in [1.165, 1.54) is 0 Å². The molecule has 0 aliphatic rings. The first kappa shape index (κ1) is 18.2. The van der Waals surface area contributed by atoms with E-state index in [1.54, 1.807) is 31.2 Å². The Kier molecular flexibility index (Phi) is 6.16. The van der Waals surface area contributed by atoms with Crippen LogP contribution in [0.15, 0.2) is 44.0 Å². The highest BCUT2D eigenvalue weighted by Gasteiger charge is 2.26. The molecule has 0 saturated carbocycles. The van der Waals surface area contributed by atoms with Crippen LogP contribution in [0.25, 0.3) is 0 Å². The van der Waals surface area contributed by atoms with Gasteiger partial charge < -0.3 is 19.4 Å². The molecule has 0 radical (unpaired) electrons. The Morgan fingerprint density at radius 3 is 2.58 bits per heavy atom. The fraction of sp³-hybridized carbons (Fsp3) is 0.294. The van der Waals surface area contributed by atoms with Crippen molar-refractivity contribution >= 4 is 21.9 Å². The van der Waals surface area contributed by atoms with Crippen molar-refractivity contribution in [3.8, 4) is 5.75 Å². The van der Waals surface area contributed by atoms with Crippen LogP contribution < -0.4 is 5.43 Å². The van der Waals surface area contributed by atoms with Crippen LogP contribution in [0.2, 0.25) is 0 Å². The zero-order valence-electron chi connectivity index (χ0n) is 13.0. The molecule has 128 valence electrons. The number of esters is 1. The summed E-state index contributed by atoms with van der Waals surface area (Å²) in [6.07, 6.45) is -0.110. The largest absolute Gasteiger partial charge is 0.502 e. The average molecular weight is 397 g/mol. The van der Waals surface area contributed by atoms with Gasteiger partial charge in [0.1, 0.15) is 12.4 Å². The molecule has 24 heavy (non-hydrogen) atoms. The fourth-order valence-corrected chi connectivity index (χ4v) is 2.58. The number of benzene rings is 1. The standard InChI is InChI=1S/C17H17BrO6/c1-2-23-15(21)8-13(10-3-5-11(18)6-4-10)17-16(22)14(20)7-12(9-19)24-17/h3-7,13,19,22H,2,8-9H2,1H3/t13-/m0/s1. The zero-order chi connectivity index (χ0) is 17.7. The minimum absolute atomic E-state index is 0.0128. The molecule has 2 aromatic rings. The Bertz CT molecular complexity index is 766. The Labute approximate surface area is 146 Å². The molecule has 2 rings (SSSR count). The summed E-state index contributed by atoms with van der Waals surface area (Å²) in [5.74, 6) is -1.83. The second kappa shape index (κ2) is 8.12. The summed E-state index contributed by atoms with van der Waals surface area (Å²) in [6.45, 7) is 1.42. The summed E-state index contributed by atoms with van der Waals surface area (Å²) in [7, 11) is 0. The van der Waals surface area contributed by atoms with Gasteiger partial charge in [0, 0.05) is 10.5 Å². The van der Waals surface area contributed by atoms with Crippen LogP contribution in [-0.4, -0.2) is 22.8 Å². The zero-order valence-corrected chi connectivity index (χ0v) is 14.6. The van der Waals surface area contributed by atoms with E-state index in [0.29, 0.717) is 5.56 Å². The van der Waals surface area contributed by atoms with Gasteiger partial charge in [-0.1, -0.05) is 28.1 Å². The highest BCUT2D eigenvalue weighted by Crippen LogP contribution is 2.33. The number of aliphatic hydroxyl groups is 1. The molecule has 1 atom stereocenters. The van der Waals surface area contributed by atoms with Gasteiger partial charge in [0.25, 0.3) is 0 Å². The van der Waals surface area contributed by atoms with Gasteiger partial charge in [-0.3, -0.25) is 9.59 Å². The molecule has 2 N–H and O–H groups in total. The maximum absolute atomic E-state index is 11.9. The van der Waals surface area contributed by atoms with Crippen LogP contribution in [0.1, 0.15) is 36.3 Å². The molecular formula is C17H17BrO6. The molecule has 7 heteroatoms. The molecule has 0 unspecified atom stereocenters. The summed E-state index contributed by atoms with van der Waals surface area (Å²) >= 11 is 3.33. The van der Waals surface area contributed by atoms with E-state index in [1.807, 2.05) is 0 Å². The molecule has 1 aromatic heterocycles. The fourth-order valence-electron chi connectivity index (χ4n) is 2.31. The molecule has 0 spiro atoms. The lowest BCUT2D eigenvalue weighted by molar-refractivity contribution is -0.143. The van der Waals surface area contributed by atoms with Crippen molar-refractivity contribution in [3.05, 3.63) is 62.1 Å². The summed E-state index contributed by atoms with van der Waals surface area (Å²) in [6, 6.07) is 8.07. The third-order valence-electron chi connectivity index (χ3n) is 3.42. The van der Waals surface area contributed by atoms with Gasteiger partial charge in [0.05, 0.1) is 18.9 Å². The quantitative estimate of drug-likeness (QED) is 0.728. The van der Waals surface area contributed by atoms with Crippen molar-refractivity contribution in [1.82, 2.24) is 0 Å². The van der Waals surface area contributed by atoms with Crippen LogP contribution in [0, 0.1) is 0 Å². The maximum Gasteiger partial charge on any atom is 0.306 e. The molecular weight excluding hydrogens is 380 g/mol. The third-order valence-corrected chi connectivity index (χ3v) is 3.95. The van der Waals surface area contributed by atoms with E-state index in [0.717, 1.165) is 10.5 Å². The first-order valence-corrected chi connectivity index (χ1v) is 8.13. The molecule has 1 aromatic carbocycles. The van der Waals surface area contributed by atoms with Gasteiger partial charge in [-0.05, 0) is 24.6 Å². The van der Waals surface area contributed by atoms with Gasteiger partial charge in [0.2, 0.25) is 11.2 Å². The van der Waals surface area contributed by atoms with E-state index >= 15 is 0 Å². The Morgan fingerprint density at radius 2 is 2.00 bits per heavy atom. The molecule has 0 fully saturated rings. The third kappa shape index (κ3) is 4.24. The first-order valence-electron chi connectivity index (χ1n) is 7.34. The molecule has 0 aliphatic carbocycles. The van der Waals surface area contributed by atoms with E-state index in [9.17, 15) is 19.8 Å². The summed E-state index contributed by atoms with van der Waals surface area (Å²) in [5.41, 5.74) is -0.00827. The van der Waals surface area contributed by atoms with Crippen molar-refractivity contribution in [2.24, 2.45) is 0 Å². The normalized spacial score (nSPS) is 12.0. The van der Waals surface area contributed by atoms with Crippen molar-refractivity contribution in [2.75, 3.05) is 6.61 Å². The number of hydrogen-bond donors (Lipinski definition) is 2. The van der Waals surface area contributed by atoms with Gasteiger partial charge in [0.15, 0.2) is 5.76 Å². The molecule has 0 amide bonds.